The van der Waals surface area contributed by atoms with Gasteiger partial charge in [0.1, 0.15) is 10.7 Å². The Morgan fingerprint density at radius 1 is 1.14 bits per heavy atom. The van der Waals surface area contributed by atoms with Crippen LogP contribution in [0.4, 0.5) is 15.8 Å². The molecule has 0 aliphatic heterocycles. The zero-order chi connectivity index (χ0) is 15.8. The third-order valence-corrected chi connectivity index (χ3v) is 4.80. The molecule has 112 valence electrons. The first-order valence-electron chi connectivity index (χ1n) is 6.05. The van der Waals surface area contributed by atoms with Crippen LogP contribution in [0.5, 0.6) is 0 Å². The van der Waals surface area contributed by atoms with Crippen LogP contribution in [0.25, 0.3) is 0 Å². The van der Waals surface area contributed by atoms with Crippen molar-refractivity contribution in [1.29, 1.82) is 0 Å². The number of sulfonamides is 1. The van der Waals surface area contributed by atoms with Crippen LogP contribution < -0.4 is 10.5 Å². The van der Waals surface area contributed by atoms with Crippen molar-refractivity contribution in [1.82, 2.24) is 0 Å². The standard InChI is InChI=1S/C14H14BrFN2O2S/c1-8-5-10(15)6-9(2)14(8)18-21(19,20)13-7-11(17)3-4-12(13)16/h3-7,18H,17H2,1-2H3. The molecule has 0 amide bonds. The van der Waals surface area contributed by atoms with Crippen molar-refractivity contribution in [2.45, 2.75) is 18.7 Å². The van der Waals surface area contributed by atoms with E-state index in [2.05, 4.69) is 20.7 Å². The van der Waals surface area contributed by atoms with E-state index in [0.717, 1.165) is 27.7 Å². The van der Waals surface area contributed by atoms with Gasteiger partial charge < -0.3 is 5.73 Å². The van der Waals surface area contributed by atoms with Gasteiger partial charge in [-0.05, 0) is 55.3 Å². The van der Waals surface area contributed by atoms with Gasteiger partial charge in [-0.15, -0.1) is 0 Å². The Bertz CT molecular complexity index is 784. The SMILES string of the molecule is Cc1cc(Br)cc(C)c1NS(=O)(=O)c1cc(N)ccc1F. The molecule has 0 heterocycles. The van der Waals surface area contributed by atoms with Crippen LogP contribution in [0.2, 0.25) is 0 Å². The summed E-state index contributed by atoms with van der Waals surface area (Å²) in [6.07, 6.45) is 0. The maximum absolute atomic E-state index is 13.8. The molecule has 2 rings (SSSR count). The highest BCUT2D eigenvalue weighted by Gasteiger charge is 2.21. The predicted octanol–water partition coefficient (Wildman–Crippen LogP) is 3.59. The molecule has 0 saturated carbocycles. The number of nitrogens with one attached hydrogen (secondary N) is 1. The van der Waals surface area contributed by atoms with Crippen LogP contribution in [0.3, 0.4) is 0 Å². The Balaban J connectivity index is 2.50. The number of hydrogen-bond acceptors (Lipinski definition) is 3. The maximum Gasteiger partial charge on any atom is 0.264 e. The summed E-state index contributed by atoms with van der Waals surface area (Å²) in [7, 11) is -4.04. The molecule has 7 heteroatoms. The normalized spacial score (nSPS) is 11.4. The molecule has 0 aromatic heterocycles. The van der Waals surface area contributed by atoms with Gasteiger partial charge in [-0.25, -0.2) is 12.8 Å². The third-order valence-electron chi connectivity index (χ3n) is 2.98. The van der Waals surface area contributed by atoms with Crippen molar-refractivity contribution < 1.29 is 12.8 Å². The van der Waals surface area contributed by atoms with E-state index in [4.69, 9.17) is 5.73 Å². The Kier molecular flexibility index (Phi) is 4.25. The Hall–Kier alpha value is -1.60. The van der Waals surface area contributed by atoms with E-state index in [1.807, 2.05) is 0 Å². The van der Waals surface area contributed by atoms with Crippen LogP contribution >= 0.6 is 15.9 Å². The van der Waals surface area contributed by atoms with Gasteiger partial charge in [-0.1, -0.05) is 15.9 Å². The summed E-state index contributed by atoms with van der Waals surface area (Å²) in [5.74, 6) is -0.843. The molecule has 0 saturated heterocycles. The Morgan fingerprint density at radius 3 is 2.29 bits per heavy atom. The number of benzene rings is 2. The minimum absolute atomic E-state index is 0.182. The van der Waals surface area contributed by atoms with Gasteiger partial charge in [-0.3, -0.25) is 4.72 Å². The fraction of sp³-hybridized carbons (Fsp3) is 0.143. The highest BCUT2D eigenvalue weighted by molar-refractivity contribution is 9.10. The summed E-state index contributed by atoms with van der Waals surface area (Å²) in [5, 5.41) is 0. The summed E-state index contributed by atoms with van der Waals surface area (Å²) >= 11 is 3.34. The summed E-state index contributed by atoms with van der Waals surface area (Å²) in [4.78, 5) is -0.468. The van der Waals surface area contributed by atoms with Crippen LogP contribution in [0, 0.1) is 19.7 Å². The van der Waals surface area contributed by atoms with E-state index in [0.29, 0.717) is 5.69 Å². The van der Waals surface area contributed by atoms with Crippen molar-refractivity contribution in [3.63, 3.8) is 0 Å². The number of hydrogen-bond donors (Lipinski definition) is 2. The van der Waals surface area contributed by atoms with Crippen molar-refractivity contribution in [2.24, 2.45) is 0 Å². The first kappa shape index (κ1) is 15.8. The molecule has 0 unspecified atom stereocenters. The van der Waals surface area contributed by atoms with Crippen LogP contribution in [-0.4, -0.2) is 8.42 Å². The topological polar surface area (TPSA) is 72.2 Å². The summed E-state index contributed by atoms with van der Waals surface area (Å²) in [6.45, 7) is 3.54. The molecule has 4 nitrogen and oxygen atoms in total. The first-order chi connectivity index (χ1) is 9.70. The molecule has 2 aromatic carbocycles. The molecule has 0 fully saturated rings. The molecule has 3 N–H and O–H groups in total. The zero-order valence-electron chi connectivity index (χ0n) is 11.4. The molecule has 0 spiro atoms. The van der Waals surface area contributed by atoms with Gasteiger partial charge in [0, 0.05) is 10.2 Å². The lowest BCUT2D eigenvalue weighted by Crippen LogP contribution is -2.16. The van der Waals surface area contributed by atoms with Crippen molar-refractivity contribution in [2.75, 3.05) is 10.5 Å². The number of nitrogen functional groups attached to an aromatic ring is 1. The van der Waals surface area contributed by atoms with Crippen LogP contribution in [0.1, 0.15) is 11.1 Å². The number of aryl methyl sites for hydroxylation is 2. The number of nitrogens with two attached hydrogens (primary N) is 1. The van der Waals surface area contributed by atoms with Gasteiger partial charge in [0.05, 0.1) is 5.69 Å². The number of rotatable bonds is 3. The van der Waals surface area contributed by atoms with Gasteiger partial charge in [0.25, 0.3) is 10.0 Å². The maximum atomic E-state index is 13.8. The monoisotopic (exact) mass is 372 g/mol. The smallest absolute Gasteiger partial charge is 0.264 e. The minimum atomic E-state index is -4.04. The Morgan fingerprint density at radius 2 is 1.71 bits per heavy atom. The lowest BCUT2D eigenvalue weighted by molar-refractivity contribution is 0.570. The quantitative estimate of drug-likeness (QED) is 0.808. The molecule has 0 bridgehead atoms. The largest absolute Gasteiger partial charge is 0.399 e. The first-order valence-corrected chi connectivity index (χ1v) is 8.33. The molecule has 0 aliphatic rings. The van der Waals surface area contributed by atoms with E-state index < -0.39 is 20.7 Å². The van der Waals surface area contributed by atoms with E-state index >= 15 is 0 Å². The lowest BCUT2D eigenvalue weighted by Gasteiger charge is -2.14. The third kappa shape index (κ3) is 3.36. The van der Waals surface area contributed by atoms with Crippen molar-refractivity contribution in [3.05, 3.63) is 51.7 Å². The highest BCUT2D eigenvalue weighted by Crippen LogP contribution is 2.28. The van der Waals surface area contributed by atoms with Gasteiger partial charge in [0.2, 0.25) is 0 Å². The second kappa shape index (κ2) is 5.65. The van der Waals surface area contributed by atoms with Gasteiger partial charge in [0.15, 0.2) is 0 Å². The van der Waals surface area contributed by atoms with Gasteiger partial charge >= 0.3 is 0 Å². The summed E-state index contributed by atoms with van der Waals surface area (Å²) < 4.78 is 41.7. The zero-order valence-corrected chi connectivity index (χ0v) is 13.8. The molecular formula is C14H14BrFN2O2S. The predicted molar refractivity (Wildman–Crippen MR) is 85.2 cm³/mol. The average Bonchev–Trinajstić information content (AvgIpc) is 2.36. The molecule has 0 atom stereocenters. The molecular weight excluding hydrogens is 359 g/mol. The lowest BCUT2D eigenvalue weighted by atomic mass is 10.1. The summed E-state index contributed by atoms with van der Waals surface area (Å²) in [5.41, 5.74) is 7.61. The van der Waals surface area contributed by atoms with Crippen molar-refractivity contribution >= 4 is 37.3 Å². The van der Waals surface area contributed by atoms with E-state index in [9.17, 15) is 12.8 Å². The molecule has 2 aromatic rings. The summed E-state index contributed by atoms with van der Waals surface area (Å²) in [6, 6.07) is 7.00. The molecule has 21 heavy (non-hydrogen) atoms. The van der Waals surface area contributed by atoms with Crippen molar-refractivity contribution in [3.8, 4) is 0 Å². The second-order valence-electron chi connectivity index (χ2n) is 4.71. The van der Waals surface area contributed by atoms with Crippen LogP contribution in [-0.2, 0) is 10.0 Å². The average molecular weight is 373 g/mol. The van der Waals surface area contributed by atoms with Gasteiger partial charge in [-0.2, -0.15) is 0 Å². The minimum Gasteiger partial charge on any atom is -0.399 e. The Labute approximate surface area is 131 Å². The van der Waals surface area contributed by atoms with E-state index in [-0.39, 0.29) is 5.69 Å². The number of anilines is 2. The van der Waals surface area contributed by atoms with E-state index in [1.54, 1.807) is 26.0 Å². The number of halogens is 2. The fourth-order valence-corrected chi connectivity index (χ4v) is 3.99. The second-order valence-corrected chi connectivity index (χ2v) is 7.28. The fourth-order valence-electron chi connectivity index (χ4n) is 1.99. The highest BCUT2D eigenvalue weighted by atomic mass is 79.9. The van der Waals surface area contributed by atoms with E-state index in [1.165, 1.54) is 6.07 Å². The molecule has 0 radical (unpaired) electrons. The molecule has 0 aliphatic carbocycles. The van der Waals surface area contributed by atoms with Crippen LogP contribution in [0.15, 0.2) is 39.7 Å².